The Morgan fingerprint density at radius 2 is 1.79 bits per heavy atom. The number of alkyl halides is 2. The summed E-state index contributed by atoms with van der Waals surface area (Å²) >= 11 is 0. The van der Waals surface area contributed by atoms with Crippen molar-refractivity contribution in [2.45, 2.75) is 50.7 Å². The van der Waals surface area contributed by atoms with E-state index in [-0.39, 0.29) is 24.0 Å². The van der Waals surface area contributed by atoms with Gasteiger partial charge in [-0.25, -0.2) is 33.3 Å². The number of amides is 3. The highest BCUT2D eigenvalue weighted by atomic mass is 19.3. The Morgan fingerprint density at radius 3 is 2.30 bits per heavy atom. The number of halogens is 2. The standard InChI is InChI=1S/C20H25F2N7O4/c1-20(21,22)11-28-19(31)29(13-3-5-14(6-4-13)33-17(23)30)16-10-24-15(9-25-16)12-7-26-18(32-2)27-8-12/h7-10,13-14H,3-6,11H2,1-2H3,(H2,23,30)(H,28,31). The highest BCUT2D eigenvalue weighted by molar-refractivity contribution is 5.91. The first kappa shape index (κ1) is 24.0. The van der Waals surface area contributed by atoms with Crippen LogP contribution in [0.3, 0.4) is 0 Å². The summed E-state index contributed by atoms with van der Waals surface area (Å²) in [6.45, 7) is -0.104. The fraction of sp³-hybridized carbons (Fsp3) is 0.500. The van der Waals surface area contributed by atoms with Crippen LogP contribution in [0.25, 0.3) is 11.3 Å². The van der Waals surface area contributed by atoms with Gasteiger partial charge in [0, 0.05) is 30.9 Å². The molecule has 33 heavy (non-hydrogen) atoms. The quantitative estimate of drug-likeness (QED) is 0.634. The number of aromatic nitrogens is 4. The molecule has 0 aliphatic heterocycles. The molecule has 0 aromatic carbocycles. The van der Waals surface area contributed by atoms with Gasteiger partial charge in [0.15, 0.2) is 5.82 Å². The van der Waals surface area contributed by atoms with E-state index in [9.17, 15) is 18.4 Å². The summed E-state index contributed by atoms with van der Waals surface area (Å²) in [6, 6.07) is -0.867. The number of nitrogens with one attached hydrogen (secondary N) is 1. The number of ether oxygens (including phenoxy) is 2. The Kier molecular flexibility index (Phi) is 7.51. The Balaban J connectivity index is 1.79. The Labute approximate surface area is 188 Å². The molecule has 1 fully saturated rings. The van der Waals surface area contributed by atoms with Crippen LogP contribution in [0.4, 0.5) is 24.2 Å². The number of nitrogens with two attached hydrogens (primary N) is 1. The Morgan fingerprint density at radius 1 is 1.12 bits per heavy atom. The highest BCUT2D eigenvalue weighted by Gasteiger charge is 2.33. The Hall–Kier alpha value is -3.64. The second-order valence-corrected chi connectivity index (χ2v) is 7.68. The van der Waals surface area contributed by atoms with Gasteiger partial charge in [-0.1, -0.05) is 0 Å². The van der Waals surface area contributed by atoms with Gasteiger partial charge in [0.2, 0.25) is 0 Å². The van der Waals surface area contributed by atoms with Crippen molar-refractivity contribution in [2.75, 3.05) is 18.6 Å². The van der Waals surface area contributed by atoms with E-state index in [4.69, 9.17) is 15.2 Å². The molecule has 2 aromatic heterocycles. The molecule has 0 spiro atoms. The summed E-state index contributed by atoms with van der Waals surface area (Å²) in [6.07, 6.45) is 6.51. The van der Waals surface area contributed by atoms with E-state index < -0.39 is 24.6 Å². The number of anilines is 1. The summed E-state index contributed by atoms with van der Waals surface area (Å²) in [5.41, 5.74) is 6.12. The minimum Gasteiger partial charge on any atom is -0.467 e. The van der Waals surface area contributed by atoms with Gasteiger partial charge in [0.25, 0.3) is 5.92 Å². The van der Waals surface area contributed by atoms with Crippen LogP contribution in [0.2, 0.25) is 0 Å². The van der Waals surface area contributed by atoms with Gasteiger partial charge in [0.05, 0.1) is 31.7 Å². The molecule has 3 amide bonds. The number of methoxy groups -OCH3 is 1. The highest BCUT2D eigenvalue weighted by Crippen LogP contribution is 2.29. The van der Waals surface area contributed by atoms with Crippen LogP contribution in [0.5, 0.6) is 6.01 Å². The monoisotopic (exact) mass is 465 g/mol. The fourth-order valence-corrected chi connectivity index (χ4v) is 3.51. The molecule has 3 N–H and O–H groups in total. The van der Waals surface area contributed by atoms with Gasteiger partial charge in [0.1, 0.15) is 6.10 Å². The Bertz CT molecular complexity index is 946. The van der Waals surface area contributed by atoms with Crippen LogP contribution in [0, 0.1) is 0 Å². The van der Waals surface area contributed by atoms with Crippen LogP contribution in [-0.4, -0.2) is 63.8 Å². The molecule has 1 aliphatic rings. The molecular formula is C20H25F2N7O4. The van der Waals surface area contributed by atoms with Gasteiger partial charge in [-0.05, 0) is 25.7 Å². The molecule has 1 aliphatic carbocycles. The number of carbonyl (C=O) groups is 2. The van der Waals surface area contributed by atoms with Gasteiger partial charge in [-0.15, -0.1) is 0 Å². The zero-order valence-electron chi connectivity index (χ0n) is 18.2. The van der Waals surface area contributed by atoms with E-state index in [0.29, 0.717) is 36.9 Å². The first-order chi connectivity index (χ1) is 15.7. The third-order valence-electron chi connectivity index (χ3n) is 5.05. The SMILES string of the molecule is COc1ncc(-c2cnc(N(C(=O)NCC(C)(F)F)C3CCC(OC(N)=O)CC3)cn2)cn1. The van der Waals surface area contributed by atoms with Gasteiger partial charge in [-0.2, -0.15) is 0 Å². The first-order valence-electron chi connectivity index (χ1n) is 10.3. The van der Waals surface area contributed by atoms with Crippen molar-refractivity contribution < 1.29 is 27.8 Å². The predicted octanol–water partition coefficient (Wildman–Crippen LogP) is 2.52. The van der Waals surface area contributed by atoms with E-state index in [1.165, 1.54) is 36.8 Å². The second kappa shape index (κ2) is 10.3. The number of hydrogen-bond acceptors (Lipinski definition) is 8. The van der Waals surface area contributed by atoms with Crippen LogP contribution < -0.4 is 20.7 Å². The summed E-state index contributed by atoms with van der Waals surface area (Å²) in [7, 11) is 1.45. The maximum Gasteiger partial charge on any atom is 0.404 e. The lowest BCUT2D eigenvalue weighted by Crippen LogP contribution is -2.50. The minimum absolute atomic E-state index is 0.198. The third-order valence-corrected chi connectivity index (χ3v) is 5.05. The van der Waals surface area contributed by atoms with Crippen LogP contribution in [-0.2, 0) is 4.74 Å². The largest absolute Gasteiger partial charge is 0.467 e. The van der Waals surface area contributed by atoms with E-state index in [2.05, 4.69) is 25.3 Å². The molecule has 13 heteroatoms. The van der Waals surface area contributed by atoms with Crippen molar-refractivity contribution >= 4 is 17.9 Å². The average Bonchev–Trinajstić information content (AvgIpc) is 2.79. The summed E-state index contributed by atoms with van der Waals surface area (Å²) in [5.74, 6) is -2.87. The number of hydrogen-bond donors (Lipinski definition) is 2. The van der Waals surface area contributed by atoms with Crippen molar-refractivity contribution in [1.82, 2.24) is 25.3 Å². The summed E-state index contributed by atoms with van der Waals surface area (Å²) < 4.78 is 36.6. The molecule has 0 atom stereocenters. The molecule has 2 aromatic rings. The van der Waals surface area contributed by atoms with Crippen LogP contribution >= 0.6 is 0 Å². The van der Waals surface area contributed by atoms with Crippen molar-refractivity contribution in [3.8, 4) is 17.3 Å². The lowest BCUT2D eigenvalue weighted by Gasteiger charge is -2.35. The third kappa shape index (κ3) is 6.67. The van der Waals surface area contributed by atoms with E-state index in [0.717, 1.165) is 6.92 Å². The molecule has 3 rings (SSSR count). The van der Waals surface area contributed by atoms with Crippen molar-refractivity contribution in [1.29, 1.82) is 0 Å². The van der Waals surface area contributed by atoms with Crippen molar-refractivity contribution in [3.63, 3.8) is 0 Å². The normalized spacial score (nSPS) is 18.3. The predicted molar refractivity (Wildman–Crippen MR) is 113 cm³/mol. The summed E-state index contributed by atoms with van der Waals surface area (Å²) in [5, 5.41) is 2.25. The minimum atomic E-state index is -3.07. The first-order valence-corrected chi connectivity index (χ1v) is 10.3. The van der Waals surface area contributed by atoms with Crippen molar-refractivity contribution in [3.05, 3.63) is 24.8 Å². The number of rotatable bonds is 7. The molecule has 178 valence electrons. The van der Waals surface area contributed by atoms with Gasteiger partial charge >= 0.3 is 18.1 Å². The topological polar surface area (TPSA) is 145 Å². The molecule has 0 radical (unpaired) electrons. The van der Waals surface area contributed by atoms with Crippen LogP contribution in [0.1, 0.15) is 32.6 Å². The van der Waals surface area contributed by atoms with E-state index in [1.807, 2.05) is 0 Å². The van der Waals surface area contributed by atoms with Gasteiger partial charge in [-0.3, -0.25) is 9.88 Å². The number of primary amides is 1. The maximum absolute atomic E-state index is 13.3. The number of carbonyl (C=O) groups excluding carboxylic acids is 2. The van der Waals surface area contributed by atoms with E-state index in [1.54, 1.807) is 0 Å². The van der Waals surface area contributed by atoms with E-state index >= 15 is 0 Å². The molecule has 0 saturated heterocycles. The molecule has 0 unspecified atom stereocenters. The van der Waals surface area contributed by atoms with Gasteiger partial charge < -0.3 is 20.5 Å². The average molecular weight is 465 g/mol. The lowest BCUT2D eigenvalue weighted by atomic mass is 9.92. The summed E-state index contributed by atoms with van der Waals surface area (Å²) in [4.78, 5) is 41.8. The zero-order chi connectivity index (χ0) is 24.0. The smallest absolute Gasteiger partial charge is 0.404 e. The molecule has 0 bridgehead atoms. The molecule has 2 heterocycles. The number of nitrogens with zero attached hydrogens (tertiary/aromatic N) is 5. The fourth-order valence-electron chi connectivity index (χ4n) is 3.51. The zero-order valence-corrected chi connectivity index (χ0v) is 18.2. The van der Waals surface area contributed by atoms with Crippen LogP contribution in [0.15, 0.2) is 24.8 Å². The second-order valence-electron chi connectivity index (χ2n) is 7.68. The molecule has 11 nitrogen and oxygen atoms in total. The number of urea groups is 1. The lowest BCUT2D eigenvalue weighted by molar-refractivity contribution is 0.0254. The molecular weight excluding hydrogens is 440 g/mol. The molecule has 1 saturated carbocycles. The van der Waals surface area contributed by atoms with Crippen molar-refractivity contribution in [2.24, 2.45) is 5.73 Å². The maximum atomic E-state index is 13.3.